The minimum absolute atomic E-state index is 0.0219. The van der Waals surface area contributed by atoms with Gasteiger partial charge in [-0.3, -0.25) is 4.79 Å². The maximum atomic E-state index is 13.5. The minimum atomic E-state index is -0.250. The third kappa shape index (κ3) is 3.11. The molecule has 3 atom stereocenters. The van der Waals surface area contributed by atoms with Gasteiger partial charge in [0.05, 0.1) is 20.1 Å². The number of benzene rings is 1. The van der Waals surface area contributed by atoms with Crippen molar-refractivity contribution in [2.45, 2.75) is 32.1 Å². The molecule has 0 N–H and O–H groups in total. The molecule has 4 heteroatoms. The zero-order chi connectivity index (χ0) is 14.7. The number of rotatable bonds is 6. The molecule has 1 aromatic rings. The van der Waals surface area contributed by atoms with Gasteiger partial charge in [-0.05, 0) is 49.3 Å². The van der Waals surface area contributed by atoms with E-state index in [1.807, 2.05) is 0 Å². The van der Waals surface area contributed by atoms with Gasteiger partial charge >= 0.3 is 5.97 Å². The summed E-state index contributed by atoms with van der Waals surface area (Å²) in [6.45, 7) is 2.07. The van der Waals surface area contributed by atoms with Crippen molar-refractivity contribution in [2.24, 2.45) is 11.8 Å². The quantitative estimate of drug-likeness (QED) is 0.748. The third-order valence-corrected chi connectivity index (χ3v) is 4.14. The predicted octanol–water partition coefficient (Wildman–Crippen LogP) is 3.53. The number of halogens is 1. The van der Waals surface area contributed by atoms with E-state index in [2.05, 4.69) is 6.92 Å². The molecule has 0 spiro atoms. The Kier molecular flexibility index (Phi) is 4.63. The summed E-state index contributed by atoms with van der Waals surface area (Å²) in [6.07, 6.45) is 2.64. The van der Waals surface area contributed by atoms with E-state index >= 15 is 0 Å². The van der Waals surface area contributed by atoms with Crippen LogP contribution in [0.4, 0.5) is 4.39 Å². The predicted molar refractivity (Wildman–Crippen MR) is 74.2 cm³/mol. The van der Waals surface area contributed by atoms with Crippen LogP contribution in [0.25, 0.3) is 0 Å². The number of hydrogen-bond acceptors (Lipinski definition) is 3. The van der Waals surface area contributed by atoms with Crippen molar-refractivity contribution in [3.8, 4) is 5.75 Å². The van der Waals surface area contributed by atoms with Gasteiger partial charge in [-0.2, -0.15) is 0 Å². The highest BCUT2D eigenvalue weighted by Gasteiger charge is 2.44. The molecular formula is C16H21FO3. The Labute approximate surface area is 119 Å². The van der Waals surface area contributed by atoms with Crippen LogP contribution in [0.2, 0.25) is 0 Å². The summed E-state index contributed by atoms with van der Waals surface area (Å²) in [5, 5.41) is 0. The summed E-state index contributed by atoms with van der Waals surface area (Å²) < 4.78 is 23.6. The van der Waals surface area contributed by atoms with Crippen LogP contribution in [0.5, 0.6) is 5.75 Å². The number of carbonyl (C=O) groups excluding carboxylic acids is 1. The summed E-state index contributed by atoms with van der Waals surface area (Å²) in [4.78, 5) is 11.5. The summed E-state index contributed by atoms with van der Waals surface area (Å²) in [5.74, 6) is 0.915. The average molecular weight is 280 g/mol. The summed E-state index contributed by atoms with van der Waals surface area (Å²) in [7, 11) is 3.02. The molecule has 110 valence electrons. The Morgan fingerprint density at radius 1 is 1.45 bits per heavy atom. The van der Waals surface area contributed by atoms with Crippen molar-refractivity contribution in [3.05, 3.63) is 29.6 Å². The van der Waals surface area contributed by atoms with Crippen molar-refractivity contribution in [1.82, 2.24) is 0 Å². The molecule has 1 aliphatic carbocycles. The van der Waals surface area contributed by atoms with Gasteiger partial charge in [-0.25, -0.2) is 4.39 Å². The van der Waals surface area contributed by atoms with Crippen molar-refractivity contribution in [2.75, 3.05) is 14.2 Å². The van der Waals surface area contributed by atoms with E-state index in [9.17, 15) is 9.18 Å². The maximum Gasteiger partial charge on any atom is 0.308 e. The molecule has 1 aliphatic rings. The largest absolute Gasteiger partial charge is 0.496 e. The fraction of sp³-hybridized carbons (Fsp3) is 0.562. The first-order chi connectivity index (χ1) is 9.60. The summed E-state index contributed by atoms with van der Waals surface area (Å²) in [6, 6.07) is 4.62. The molecular weight excluding hydrogens is 259 g/mol. The first kappa shape index (κ1) is 14.8. The van der Waals surface area contributed by atoms with E-state index in [0.29, 0.717) is 11.7 Å². The normalized spacial score (nSPS) is 22.2. The van der Waals surface area contributed by atoms with E-state index in [1.54, 1.807) is 19.2 Å². The Balaban J connectivity index is 2.09. The number of ether oxygens (including phenoxy) is 2. The average Bonchev–Trinajstić information content (AvgIpc) is 3.23. The molecule has 1 saturated carbocycles. The molecule has 0 radical (unpaired) electrons. The van der Waals surface area contributed by atoms with Crippen LogP contribution in [0.15, 0.2) is 18.2 Å². The monoisotopic (exact) mass is 280 g/mol. The zero-order valence-electron chi connectivity index (χ0n) is 12.2. The van der Waals surface area contributed by atoms with E-state index < -0.39 is 0 Å². The van der Waals surface area contributed by atoms with E-state index in [1.165, 1.54) is 13.2 Å². The standard InChI is InChI=1S/C16H21FO3/c1-4-10(7-11-8-14(11)16(18)20-3)13-9-12(17)5-6-15(13)19-2/h5-6,9-11,14H,4,7-8H2,1-3H3. The van der Waals surface area contributed by atoms with Crippen LogP contribution in [0.1, 0.15) is 37.7 Å². The number of hydrogen-bond donors (Lipinski definition) is 0. The van der Waals surface area contributed by atoms with Gasteiger partial charge in [0.15, 0.2) is 0 Å². The molecule has 2 rings (SSSR count). The van der Waals surface area contributed by atoms with Gasteiger partial charge in [0.25, 0.3) is 0 Å². The molecule has 0 heterocycles. The summed E-state index contributed by atoms with van der Waals surface area (Å²) in [5.41, 5.74) is 0.894. The van der Waals surface area contributed by atoms with Crippen LogP contribution < -0.4 is 4.74 Å². The van der Waals surface area contributed by atoms with Crippen molar-refractivity contribution >= 4 is 5.97 Å². The Morgan fingerprint density at radius 2 is 2.20 bits per heavy atom. The molecule has 0 saturated heterocycles. The lowest BCUT2D eigenvalue weighted by atomic mass is 9.90. The SMILES string of the molecule is CCC(CC1CC1C(=O)OC)c1cc(F)ccc1OC. The lowest BCUT2D eigenvalue weighted by Crippen LogP contribution is -2.07. The smallest absolute Gasteiger partial charge is 0.308 e. The van der Waals surface area contributed by atoms with Crippen LogP contribution >= 0.6 is 0 Å². The van der Waals surface area contributed by atoms with Crippen molar-refractivity contribution in [1.29, 1.82) is 0 Å². The molecule has 1 aromatic carbocycles. The Morgan fingerprint density at radius 3 is 2.80 bits per heavy atom. The van der Waals surface area contributed by atoms with Gasteiger partial charge < -0.3 is 9.47 Å². The first-order valence-electron chi connectivity index (χ1n) is 7.01. The molecule has 1 fully saturated rings. The van der Waals surface area contributed by atoms with E-state index in [4.69, 9.17) is 9.47 Å². The third-order valence-electron chi connectivity index (χ3n) is 4.14. The Hall–Kier alpha value is -1.58. The van der Waals surface area contributed by atoms with Gasteiger partial charge in [0.1, 0.15) is 11.6 Å². The van der Waals surface area contributed by atoms with Crippen LogP contribution in [-0.4, -0.2) is 20.2 Å². The molecule has 3 unspecified atom stereocenters. The van der Waals surface area contributed by atoms with Gasteiger partial charge in [0.2, 0.25) is 0 Å². The van der Waals surface area contributed by atoms with Gasteiger partial charge in [0, 0.05) is 5.56 Å². The number of methoxy groups -OCH3 is 2. The van der Waals surface area contributed by atoms with Crippen molar-refractivity contribution in [3.63, 3.8) is 0 Å². The molecule has 0 bridgehead atoms. The van der Waals surface area contributed by atoms with Gasteiger partial charge in [-0.15, -0.1) is 0 Å². The highest BCUT2D eigenvalue weighted by molar-refractivity contribution is 5.75. The number of esters is 1. The highest BCUT2D eigenvalue weighted by atomic mass is 19.1. The number of carbonyl (C=O) groups is 1. The topological polar surface area (TPSA) is 35.5 Å². The molecule has 20 heavy (non-hydrogen) atoms. The van der Waals surface area contributed by atoms with Crippen LogP contribution in [0.3, 0.4) is 0 Å². The maximum absolute atomic E-state index is 13.5. The first-order valence-corrected chi connectivity index (χ1v) is 7.01. The second-order valence-corrected chi connectivity index (χ2v) is 5.35. The lowest BCUT2D eigenvalue weighted by Gasteiger charge is -2.18. The fourth-order valence-electron chi connectivity index (χ4n) is 2.85. The second-order valence-electron chi connectivity index (χ2n) is 5.35. The molecule has 0 amide bonds. The van der Waals surface area contributed by atoms with Gasteiger partial charge in [-0.1, -0.05) is 6.92 Å². The second kappa shape index (κ2) is 6.25. The highest BCUT2D eigenvalue weighted by Crippen LogP contribution is 2.47. The lowest BCUT2D eigenvalue weighted by molar-refractivity contribution is -0.142. The zero-order valence-corrected chi connectivity index (χ0v) is 12.2. The van der Waals surface area contributed by atoms with Crippen LogP contribution in [0, 0.1) is 17.7 Å². The minimum Gasteiger partial charge on any atom is -0.496 e. The Bertz CT molecular complexity index is 487. The van der Waals surface area contributed by atoms with E-state index in [0.717, 1.165) is 24.8 Å². The summed E-state index contributed by atoms with van der Waals surface area (Å²) >= 11 is 0. The van der Waals surface area contributed by atoms with Crippen LogP contribution in [-0.2, 0) is 9.53 Å². The fourth-order valence-corrected chi connectivity index (χ4v) is 2.85. The molecule has 0 aromatic heterocycles. The molecule has 3 nitrogen and oxygen atoms in total. The molecule has 0 aliphatic heterocycles. The van der Waals surface area contributed by atoms with Crippen molar-refractivity contribution < 1.29 is 18.7 Å². The van der Waals surface area contributed by atoms with E-state index in [-0.39, 0.29) is 23.6 Å².